The van der Waals surface area contributed by atoms with E-state index in [0.29, 0.717) is 11.5 Å². The molecular formula is C15H22FN. The molecule has 1 aliphatic heterocycles. The first-order chi connectivity index (χ1) is 7.97. The molecule has 0 amide bonds. The number of benzene rings is 1. The van der Waals surface area contributed by atoms with Gasteiger partial charge in [-0.2, -0.15) is 0 Å². The van der Waals surface area contributed by atoms with Crippen LogP contribution in [0.2, 0.25) is 0 Å². The van der Waals surface area contributed by atoms with Crippen LogP contribution in [0.5, 0.6) is 0 Å². The van der Waals surface area contributed by atoms with Gasteiger partial charge in [0.05, 0.1) is 0 Å². The normalized spacial score (nSPS) is 22.0. The maximum Gasteiger partial charge on any atom is 0.123 e. The Morgan fingerprint density at radius 2 is 1.88 bits per heavy atom. The second-order valence-electron chi connectivity index (χ2n) is 6.12. The molecule has 1 atom stereocenters. The molecular weight excluding hydrogens is 213 g/mol. The van der Waals surface area contributed by atoms with Gasteiger partial charge in [0.2, 0.25) is 0 Å². The average molecular weight is 235 g/mol. The molecule has 1 aromatic carbocycles. The second-order valence-corrected chi connectivity index (χ2v) is 6.12. The highest BCUT2D eigenvalue weighted by Gasteiger charge is 2.33. The molecule has 0 saturated carbocycles. The van der Waals surface area contributed by atoms with E-state index in [1.165, 1.54) is 24.9 Å². The molecule has 94 valence electrons. The van der Waals surface area contributed by atoms with Gasteiger partial charge in [-0.15, -0.1) is 0 Å². The Morgan fingerprint density at radius 3 is 2.47 bits per heavy atom. The van der Waals surface area contributed by atoms with Gasteiger partial charge in [0.1, 0.15) is 5.82 Å². The first-order valence-electron chi connectivity index (χ1n) is 6.45. The van der Waals surface area contributed by atoms with Crippen molar-refractivity contribution >= 4 is 0 Å². The fraction of sp³-hybridized carbons (Fsp3) is 0.600. The molecule has 1 unspecified atom stereocenters. The lowest BCUT2D eigenvalue weighted by atomic mass is 9.85. The van der Waals surface area contributed by atoms with Gasteiger partial charge in [-0.25, -0.2) is 4.39 Å². The number of rotatable bonds is 2. The van der Waals surface area contributed by atoms with E-state index in [1.807, 2.05) is 12.1 Å². The Bertz CT molecular complexity index is 364. The molecule has 0 N–H and O–H groups in total. The number of likely N-dealkylation sites (tertiary alicyclic amines) is 1. The second kappa shape index (κ2) is 4.77. The molecule has 1 aliphatic rings. The Balaban J connectivity index is 2.05. The third-order valence-corrected chi connectivity index (χ3v) is 3.66. The lowest BCUT2D eigenvalue weighted by Crippen LogP contribution is -2.38. The van der Waals surface area contributed by atoms with Crippen LogP contribution >= 0.6 is 0 Å². The maximum absolute atomic E-state index is 12.9. The average Bonchev–Trinajstić information content (AvgIpc) is 2.69. The van der Waals surface area contributed by atoms with Crippen LogP contribution in [0.15, 0.2) is 24.3 Å². The van der Waals surface area contributed by atoms with E-state index in [2.05, 4.69) is 25.7 Å². The summed E-state index contributed by atoms with van der Waals surface area (Å²) in [7, 11) is 0. The van der Waals surface area contributed by atoms with Crippen molar-refractivity contribution in [1.29, 1.82) is 0 Å². The molecule has 1 fully saturated rings. The fourth-order valence-electron chi connectivity index (χ4n) is 2.82. The summed E-state index contributed by atoms with van der Waals surface area (Å²) in [6, 6.07) is 7.54. The van der Waals surface area contributed by atoms with Crippen molar-refractivity contribution in [3.05, 3.63) is 35.6 Å². The van der Waals surface area contributed by atoms with Crippen LogP contribution in [-0.2, 0) is 6.54 Å². The Hall–Kier alpha value is -0.890. The Labute approximate surface area is 104 Å². The minimum Gasteiger partial charge on any atom is -0.296 e. The standard InChI is InChI=1S/C15H22FN/c1-15(2,3)14-5-4-10-17(14)11-12-6-8-13(16)9-7-12/h6-9,14H,4-5,10-11H2,1-3H3. The number of halogens is 1. The highest BCUT2D eigenvalue weighted by Crippen LogP contribution is 2.33. The SMILES string of the molecule is CC(C)(C)C1CCCN1Cc1ccc(F)cc1. The van der Waals surface area contributed by atoms with E-state index >= 15 is 0 Å². The van der Waals surface area contributed by atoms with Crippen molar-refractivity contribution in [2.45, 2.75) is 46.2 Å². The van der Waals surface area contributed by atoms with Crippen molar-refractivity contribution in [3.63, 3.8) is 0 Å². The molecule has 0 aliphatic carbocycles. The maximum atomic E-state index is 12.9. The van der Waals surface area contributed by atoms with E-state index < -0.39 is 0 Å². The van der Waals surface area contributed by atoms with E-state index in [-0.39, 0.29) is 5.82 Å². The zero-order valence-electron chi connectivity index (χ0n) is 11.0. The number of hydrogen-bond donors (Lipinski definition) is 0. The van der Waals surface area contributed by atoms with E-state index in [1.54, 1.807) is 12.1 Å². The van der Waals surface area contributed by atoms with Crippen LogP contribution < -0.4 is 0 Å². The summed E-state index contributed by atoms with van der Waals surface area (Å²) in [5.74, 6) is -0.150. The van der Waals surface area contributed by atoms with Crippen LogP contribution in [0, 0.1) is 11.2 Å². The predicted molar refractivity (Wildman–Crippen MR) is 69.3 cm³/mol. The molecule has 0 aromatic heterocycles. The van der Waals surface area contributed by atoms with Crippen LogP contribution in [0.3, 0.4) is 0 Å². The van der Waals surface area contributed by atoms with Crippen LogP contribution in [0.4, 0.5) is 4.39 Å². The van der Waals surface area contributed by atoms with E-state index in [4.69, 9.17) is 0 Å². The molecule has 17 heavy (non-hydrogen) atoms. The molecule has 1 nitrogen and oxygen atoms in total. The quantitative estimate of drug-likeness (QED) is 0.753. The summed E-state index contributed by atoms with van der Waals surface area (Å²) in [6.07, 6.45) is 2.56. The van der Waals surface area contributed by atoms with Crippen molar-refractivity contribution in [2.24, 2.45) is 5.41 Å². The van der Waals surface area contributed by atoms with Crippen LogP contribution in [0.1, 0.15) is 39.2 Å². The van der Waals surface area contributed by atoms with Crippen molar-refractivity contribution in [3.8, 4) is 0 Å². The van der Waals surface area contributed by atoms with E-state index in [9.17, 15) is 4.39 Å². The smallest absolute Gasteiger partial charge is 0.123 e. The van der Waals surface area contributed by atoms with E-state index in [0.717, 1.165) is 6.54 Å². The van der Waals surface area contributed by atoms with Gasteiger partial charge < -0.3 is 0 Å². The van der Waals surface area contributed by atoms with Gasteiger partial charge in [0, 0.05) is 12.6 Å². The van der Waals surface area contributed by atoms with Gasteiger partial charge >= 0.3 is 0 Å². The molecule has 1 saturated heterocycles. The minimum absolute atomic E-state index is 0.150. The summed E-state index contributed by atoms with van der Waals surface area (Å²) in [5, 5.41) is 0. The largest absolute Gasteiger partial charge is 0.296 e. The van der Waals surface area contributed by atoms with Gasteiger partial charge in [0.15, 0.2) is 0 Å². The Morgan fingerprint density at radius 1 is 1.24 bits per heavy atom. The van der Waals surface area contributed by atoms with Gasteiger partial charge in [-0.05, 0) is 42.5 Å². The molecule has 0 spiro atoms. The fourth-order valence-corrected chi connectivity index (χ4v) is 2.82. The first-order valence-corrected chi connectivity index (χ1v) is 6.45. The van der Waals surface area contributed by atoms with Crippen molar-refractivity contribution in [2.75, 3.05) is 6.54 Å². The molecule has 0 radical (unpaired) electrons. The van der Waals surface area contributed by atoms with Crippen LogP contribution in [-0.4, -0.2) is 17.5 Å². The topological polar surface area (TPSA) is 3.24 Å². The monoisotopic (exact) mass is 235 g/mol. The highest BCUT2D eigenvalue weighted by molar-refractivity contribution is 5.16. The highest BCUT2D eigenvalue weighted by atomic mass is 19.1. The molecule has 2 rings (SSSR count). The third kappa shape index (κ3) is 3.06. The van der Waals surface area contributed by atoms with Gasteiger partial charge in [0.25, 0.3) is 0 Å². The lowest BCUT2D eigenvalue weighted by Gasteiger charge is -2.35. The van der Waals surface area contributed by atoms with Crippen LogP contribution in [0.25, 0.3) is 0 Å². The lowest BCUT2D eigenvalue weighted by molar-refractivity contribution is 0.134. The zero-order chi connectivity index (χ0) is 12.5. The number of hydrogen-bond acceptors (Lipinski definition) is 1. The predicted octanol–water partition coefficient (Wildman–Crippen LogP) is 3.84. The summed E-state index contributed by atoms with van der Waals surface area (Å²) in [5.41, 5.74) is 1.54. The zero-order valence-corrected chi connectivity index (χ0v) is 11.0. The Kier molecular flexibility index (Phi) is 3.53. The molecule has 1 aromatic rings. The minimum atomic E-state index is -0.150. The summed E-state index contributed by atoms with van der Waals surface area (Å²) >= 11 is 0. The molecule has 2 heteroatoms. The van der Waals surface area contributed by atoms with Gasteiger partial charge in [-0.3, -0.25) is 4.90 Å². The first kappa shape index (κ1) is 12.6. The van der Waals surface area contributed by atoms with Gasteiger partial charge in [-0.1, -0.05) is 32.9 Å². The summed E-state index contributed by atoms with van der Waals surface area (Å²) < 4.78 is 12.9. The molecule has 1 heterocycles. The summed E-state index contributed by atoms with van der Waals surface area (Å²) in [4.78, 5) is 2.53. The third-order valence-electron chi connectivity index (χ3n) is 3.66. The summed E-state index contributed by atoms with van der Waals surface area (Å²) in [6.45, 7) is 9.03. The van der Waals surface area contributed by atoms with Crippen molar-refractivity contribution < 1.29 is 4.39 Å². The molecule has 0 bridgehead atoms. The number of nitrogens with zero attached hydrogens (tertiary/aromatic N) is 1. The van der Waals surface area contributed by atoms with Crippen molar-refractivity contribution in [1.82, 2.24) is 4.90 Å².